The molecule has 7 heteroatoms. The van der Waals surface area contributed by atoms with E-state index in [1.807, 2.05) is 35.2 Å². The summed E-state index contributed by atoms with van der Waals surface area (Å²) in [5, 5.41) is 3.89. The number of ether oxygens (including phenoxy) is 2. The van der Waals surface area contributed by atoms with Crippen LogP contribution in [0.5, 0.6) is 11.5 Å². The highest BCUT2D eigenvalue weighted by Gasteiger charge is 2.30. The zero-order valence-corrected chi connectivity index (χ0v) is 20.1. The Balaban J connectivity index is 1.69. The summed E-state index contributed by atoms with van der Waals surface area (Å²) in [6, 6.07) is 18.8. The quantitative estimate of drug-likeness (QED) is 0.404. The van der Waals surface area contributed by atoms with Gasteiger partial charge in [-0.1, -0.05) is 53.5 Å². The molecule has 1 unspecified atom stereocenters. The van der Waals surface area contributed by atoms with Crippen LogP contribution in [0.4, 0.5) is 10.5 Å². The number of carbonyl (C=O) groups excluding carboxylic acids is 1. The first kappa shape index (κ1) is 23.3. The van der Waals surface area contributed by atoms with Crippen molar-refractivity contribution >= 4 is 34.9 Å². The smallest absolute Gasteiger partial charge is 0.322 e. The highest BCUT2D eigenvalue weighted by atomic mass is 35.5. The molecule has 0 spiro atoms. The molecule has 4 rings (SSSR count). The first-order chi connectivity index (χ1) is 16.0. The van der Waals surface area contributed by atoms with Crippen molar-refractivity contribution in [1.29, 1.82) is 0 Å². The summed E-state index contributed by atoms with van der Waals surface area (Å²) in [4.78, 5) is 15.5. The van der Waals surface area contributed by atoms with Crippen LogP contribution in [0.2, 0.25) is 10.0 Å². The minimum absolute atomic E-state index is 0.0610. The van der Waals surface area contributed by atoms with Gasteiger partial charge in [0.25, 0.3) is 0 Å². The molecule has 5 nitrogen and oxygen atoms in total. The first-order valence-corrected chi connectivity index (χ1v) is 11.6. The number of hydrogen-bond acceptors (Lipinski definition) is 3. The fourth-order valence-corrected chi connectivity index (χ4v) is 4.78. The molecule has 0 aromatic heterocycles. The zero-order valence-electron chi connectivity index (χ0n) is 18.6. The lowest BCUT2D eigenvalue weighted by molar-refractivity contribution is 0.175. The Kier molecular flexibility index (Phi) is 7.31. The number of hydrogen-bond donors (Lipinski definition) is 1. The Morgan fingerprint density at radius 1 is 1.03 bits per heavy atom. The summed E-state index contributed by atoms with van der Waals surface area (Å²) in [6.45, 7) is 0.399. The molecule has 0 aliphatic heterocycles. The molecule has 172 valence electrons. The van der Waals surface area contributed by atoms with Crippen molar-refractivity contribution < 1.29 is 14.3 Å². The molecular weight excluding hydrogens is 459 g/mol. The summed E-state index contributed by atoms with van der Waals surface area (Å²) in [7, 11) is 3.21. The van der Waals surface area contributed by atoms with E-state index in [0.29, 0.717) is 33.8 Å². The highest BCUT2D eigenvalue weighted by Crippen LogP contribution is 2.37. The second kappa shape index (κ2) is 10.4. The van der Waals surface area contributed by atoms with Gasteiger partial charge in [0.05, 0.1) is 31.0 Å². The molecule has 2 amide bonds. The Morgan fingerprint density at radius 3 is 2.58 bits per heavy atom. The number of fused-ring (bicyclic) bond motifs is 1. The second-order valence-electron chi connectivity index (χ2n) is 7.98. The van der Waals surface area contributed by atoms with E-state index < -0.39 is 0 Å². The van der Waals surface area contributed by atoms with Crippen molar-refractivity contribution in [3.8, 4) is 11.5 Å². The number of carbonyl (C=O) groups is 1. The molecular formula is C26H26Cl2N2O3. The van der Waals surface area contributed by atoms with Crippen molar-refractivity contribution in [2.75, 3.05) is 19.5 Å². The fourth-order valence-electron chi connectivity index (χ4n) is 4.33. The summed E-state index contributed by atoms with van der Waals surface area (Å²) >= 11 is 12.4. The van der Waals surface area contributed by atoms with Crippen LogP contribution in [0, 0.1) is 0 Å². The Hall–Kier alpha value is -2.89. The van der Waals surface area contributed by atoms with Gasteiger partial charge in [0, 0.05) is 11.6 Å². The van der Waals surface area contributed by atoms with Gasteiger partial charge in [-0.05, 0) is 66.3 Å². The van der Waals surface area contributed by atoms with Gasteiger partial charge < -0.3 is 19.7 Å². The Bertz CT molecular complexity index is 1150. The maximum Gasteiger partial charge on any atom is 0.322 e. The van der Waals surface area contributed by atoms with Crippen LogP contribution < -0.4 is 14.8 Å². The lowest BCUT2D eigenvalue weighted by Gasteiger charge is -2.36. The van der Waals surface area contributed by atoms with Crippen LogP contribution in [0.1, 0.15) is 35.6 Å². The monoisotopic (exact) mass is 484 g/mol. The molecule has 0 heterocycles. The van der Waals surface area contributed by atoms with E-state index in [4.69, 9.17) is 32.7 Å². The van der Waals surface area contributed by atoms with Gasteiger partial charge in [-0.3, -0.25) is 0 Å². The van der Waals surface area contributed by atoms with Gasteiger partial charge in [0.15, 0.2) is 11.5 Å². The SMILES string of the molecule is COc1ccc(CN(C(=O)Nc2ccc(Cl)cc2Cl)C2CCCc3ccccc32)cc1OC. The molecule has 1 aliphatic carbocycles. The summed E-state index contributed by atoms with van der Waals surface area (Å²) in [5.74, 6) is 1.27. The van der Waals surface area contributed by atoms with E-state index in [2.05, 4.69) is 17.4 Å². The standard InChI is InChI=1S/C26H26Cl2N2O3/c1-32-24-13-10-17(14-25(24)33-2)16-30(23-9-5-7-18-6-3-4-8-20(18)23)26(31)29-22-12-11-19(27)15-21(22)28/h3-4,6,8,10-15,23H,5,7,9,16H2,1-2H3,(H,29,31). The Morgan fingerprint density at radius 2 is 1.82 bits per heavy atom. The van der Waals surface area contributed by atoms with Crippen LogP contribution in [0.25, 0.3) is 0 Å². The van der Waals surface area contributed by atoms with Crippen LogP contribution in [-0.4, -0.2) is 25.2 Å². The van der Waals surface area contributed by atoms with Gasteiger partial charge in [0.1, 0.15) is 0 Å². The minimum Gasteiger partial charge on any atom is -0.493 e. The second-order valence-corrected chi connectivity index (χ2v) is 8.82. The van der Waals surface area contributed by atoms with E-state index in [9.17, 15) is 4.79 Å². The normalized spacial score (nSPS) is 14.8. The number of methoxy groups -OCH3 is 2. The van der Waals surface area contributed by atoms with Gasteiger partial charge >= 0.3 is 6.03 Å². The maximum atomic E-state index is 13.6. The number of aryl methyl sites for hydroxylation is 1. The number of nitrogens with one attached hydrogen (secondary N) is 1. The van der Waals surface area contributed by atoms with Crippen LogP contribution in [0.3, 0.4) is 0 Å². The predicted octanol–water partition coefficient (Wildman–Crippen LogP) is 7.12. The molecule has 1 aliphatic rings. The third kappa shape index (κ3) is 5.21. The van der Waals surface area contributed by atoms with Crippen LogP contribution >= 0.6 is 23.2 Å². The summed E-state index contributed by atoms with van der Waals surface area (Å²) < 4.78 is 10.8. The molecule has 1 atom stereocenters. The molecule has 0 saturated heterocycles. The predicted molar refractivity (Wildman–Crippen MR) is 133 cm³/mol. The molecule has 33 heavy (non-hydrogen) atoms. The number of halogens is 2. The number of amides is 2. The van der Waals surface area contributed by atoms with Gasteiger partial charge in [-0.2, -0.15) is 0 Å². The van der Waals surface area contributed by atoms with E-state index >= 15 is 0 Å². The number of anilines is 1. The lowest BCUT2D eigenvalue weighted by Crippen LogP contribution is -2.39. The van der Waals surface area contributed by atoms with E-state index in [1.165, 1.54) is 11.1 Å². The molecule has 0 saturated carbocycles. The third-order valence-corrected chi connectivity index (χ3v) is 6.50. The summed E-state index contributed by atoms with van der Waals surface area (Å²) in [6.07, 6.45) is 2.91. The number of urea groups is 1. The molecule has 1 N–H and O–H groups in total. The van der Waals surface area contributed by atoms with Crippen LogP contribution in [0.15, 0.2) is 60.7 Å². The van der Waals surface area contributed by atoms with Crippen molar-refractivity contribution in [3.63, 3.8) is 0 Å². The summed E-state index contributed by atoms with van der Waals surface area (Å²) in [5.41, 5.74) is 3.92. The van der Waals surface area contributed by atoms with E-state index in [0.717, 1.165) is 24.8 Å². The van der Waals surface area contributed by atoms with Gasteiger partial charge in [-0.15, -0.1) is 0 Å². The molecule has 3 aromatic carbocycles. The van der Waals surface area contributed by atoms with Gasteiger partial charge in [0.2, 0.25) is 0 Å². The zero-order chi connectivity index (χ0) is 23.4. The largest absolute Gasteiger partial charge is 0.493 e. The van der Waals surface area contributed by atoms with Crippen LogP contribution in [-0.2, 0) is 13.0 Å². The van der Waals surface area contributed by atoms with Crippen molar-refractivity contribution in [2.45, 2.75) is 31.8 Å². The average molecular weight is 485 g/mol. The molecule has 0 fully saturated rings. The lowest BCUT2D eigenvalue weighted by atomic mass is 9.86. The Labute approximate surface area is 204 Å². The van der Waals surface area contributed by atoms with Crippen molar-refractivity contribution in [2.24, 2.45) is 0 Å². The van der Waals surface area contributed by atoms with Crippen molar-refractivity contribution in [1.82, 2.24) is 4.90 Å². The maximum absolute atomic E-state index is 13.6. The minimum atomic E-state index is -0.226. The van der Waals surface area contributed by atoms with Gasteiger partial charge in [-0.25, -0.2) is 4.79 Å². The topological polar surface area (TPSA) is 50.8 Å². The number of nitrogens with zero attached hydrogens (tertiary/aromatic N) is 1. The highest BCUT2D eigenvalue weighted by molar-refractivity contribution is 6.36. The van der Waals surface area contributed by atoms with Crippen molar-refractivity contribution in [3.05, 3.63) is 87.4 Å². The third-order valence-electron chi connectivity index (χ3n) is 5.95. The molecule has 0 bridgehead atoms. The van der Waals surface area contributed by atoms with E-state index in [-0.39, 0.29) is 12.1 Å². The first-order valence-electron chi connectivity index (χ1n) is 10.8. The number of rotatable bonds is 6. The number of benzene rings is 3. The van der Waals surface area contributed by atoms with E-state index in [1.54, 1.807) is 32.4 Å². The average Bonchev–Trinajstić information content (AvgIpc) is 2.83. The fraction of sp³-hybridized carbons (Fsp3) is 0.269. The molecule has 0 radical (unpaired) electrons. The molecule has 3 aromatic rings.